The highest BCUT2D eigenvalue weighted by Crippen LogP contribution is 2.40. The summed E-state index contributed by atoms with van der Waals surface area (Å²) in [6.07, 6.45) is -5.31. The Morgan fingerprint density at radius 1 is 0.766 bits per heavy atom. The summed E-state index contributed by atoms with van der Waals surface area (Å²) in [7, 11) is -3.21. The van der Waals surface area contributed by atoms with Gasteiger partial charge < -0.3 is 19.7 Å². The van der Waals surface area contributed by atoms with Crippen molar-refractivity contribution in [3.05, 3.63) is 172 Å². The van der Waals surface area contributed by atoms with Gasteiger partial charge in [0.25, 0.3) is 5.69 Å². The first-order valence-electron chi connectivity index (χ1n) is 19.7. The zero-order chi connectivity index (χ0) is 46.3. The minimum Gasteiger partial charge on any atom is -0.363 e. The van der Waals surface area contributed by atoms with E-state index in [9.17, 15) is 36.5 Å². The number of amides is 2. The highest BCUT2D eigenvalue weighted by atomic mass is 35.5. The molecular weight excluding hydrogens is 963 g/mol. The van der Waals surface area contributed by atoms with Crippen molar-refractivity contribution in [1.82, 2.24) is 9.21 Å². The van der Waals surface area contributed by atoms with E-state index in [1.807, 2.05) is 25.1 Å². The number of hydrogen-bond acceptors (Lipinski definition) is 7. The molecule has 2 heterocycles. The number of nitro benzene ring substituents is 1. The molecule has 5 aromatic carbocycles. The van der Waals surface area contributed by atoms with Gasteiger partial charge in [-0.3, -0.25) is 10.1 Å². The maximum atomic E-state index is 13.7. The second-order valence-corrected chi connectivity index (χ2v) is 19.1. The van der Waals surface area contributed by atoms with Crippen LogP contribution >= 0.6 is 58.0 Å². The van der Waals surface area contributed by atoms with Crippen LogP contribution in [0, 0.1) is 10.1 Å². The lowest BCUT2D eigenvalue weighted by Crippen LogP contribution is -2.56. The van der Waals surface area contributed by atoms with Gasteiger partial charge in [-0.15, -0.1) is 0 Å². The Morgan fingerprint density at radius 2 is 1.31 bits per heavy atom. The van der Waals surface area contributed by atoms with Gasteiger partial charge in [0.15, 0.2) is 0 Å². The smallest absolute Gasteiger partial charge is 0.363 e. The molecule has 7 rings (SSSR count). The molecule has 0 aliphatic carbocycles. The molecule has 1 N–H and O–H groups in total. The molecule has 11 nitrogen and oxygen atoms in total. The number of carbonyl (C=O) groups is 1. The van der Waals surface area contributed by atoms with Gasteiger partial charge in [-0.2, -0.15) is 17.5 Å². The molecule has 20 heteroatoms. The first-order valence-corrected chi connectivity index (χ1v) is 23.2. The fraction of sp³-hybridized carbons (Fsp3) is 0.295. The summed E-state index contributed by atoms with van der Waals surface area (Å²) in [6.45, 7) is 2.90. The Balaban J connectivity index is 0.000000219. The summed E-state index contributed by atoms with van der Waals surface area (Å²) in [6, 6.07) is 27.4. The fourth-order valence-electron chi connectivity index (χ4n) is 6.81. The summed E-state index contributed by atoms with van der Waals surface area (Å²) in [5.41, 5.74) is 1.10. The molecule has 2 saturated heterocycles. The van der Waals surface area contributed by atoms with E-state index in [2.05, 4.69) is 5.32 Å². The molecule has 2 atom stereocenters. The van der Waals surface area contributed by atoms with Crippen LogP contribution in [-0.4, -0.2) is 72.7 Å². The number of carbonyl (C=O) groups excluding carboxylic acids is 1. The van der Waals surface area contributed by atoms with E-state index in [0.717, 1.165) is 29.7 Å². The van der Waals surface area contributed by atoms with Crippen molar-refractivity contribution in [1.29, 1.82) is 0 Å². The molecule has 2 fully saturated rings. The van der Waals surface area contributed by atoms with Crippen LogP contribution in [0.4, 0.5) is 29.3 Å². The van der Waals surface area contributed by atoms with Gasteiger partial charge in [-0.25, -0.2) is 13.2 Å². The summed E-state index contributed by atoms with van der Waals surface area (Å²) in [5, 5.41) is 15.6. The number of nitro groups is 1. The molecule has 64 heavy (non-hydrogen) atoms. The molecule has 5 aromatic rings. The van der Waals surface area contributed by atoms with E-state index in [4.69, 9.17) is 67.5 Å². The third-order valence-electron chi connectivity index (χ3n) is 10.3. The van der Waals surface area contributed by atoms with Gasteiger partial charge in [0.05, 0.1) is 41.5 Å². The molecule has 0 radical (unpaired) electrons. The van der Waals surface area contributed by atoms with Crippen LogP contribution in [0.15, 0.2) is 109 Å². The average Bonchev–Trinajstić information content (AvgIpc) is 3.21. The van der Waals surface area contributed by atoms with Crippen LogP contribution < -0.4 is 5.32 Å². The van der Waals surface area contributed by atoms with Crippen molar-refractivity contribution in [3.8, 4) is 0 Å². The standard InChI is InChI=1S/C24H18Cl2F3N3O4.C20H22Cl3NO3S/c25-15-7-5-14(6-8-15)22(18-3-1-2-4-19(18)24(27,28)29)36-17-12-31(13-17)23(33)30-16-9-10-20(26)21(11-16)32(34)35;1-2-3-10-28(25,26)24-12-17(13-24)27-20(14-4-6-15(21)7-5-14)18-9-8-16(22)11-19(18)23/h1-11,17,22H,12-13H2,(H,30,33);4-9,11,17,20H,2-3,10,12-13H2,1H3. The van der Waals surface area contributed by atoms with E-state index >= 15 is 0 Å². The van der Waals surface area contributed by atoms with E-state index in [0.29, 0.717) is 45.2 Å². The number of rotatable bonds is 14. The van der Waals surface area contributed by atoms with Gasteiger partial charge >= 0.3 is 12.2 Å². The van der Waals surface area contributed by atoms with Crippen LogP contribution in [0.2, 0.25) is 25.1 Å². The Kier molecular flexibility index (Phi) is 16.5. The lowest BCUT2D eigenvalue weighted by molar-refractivity contribution is -0.384. The van der Waals surface area contributed by atoms with Crippen molar-refractivity contribution in [2.75, 3.05) is 37.2 Å². The van der Waals surface area contributed by atoms with E-state index in [1.165, 1.54) is 39.5 Å². The average molecular weight is 1000 g/mol. The second kappa shape index (κ2) is 21.4. The number of unbranched alkanes of at least 4 members (excludes halogenated alkanes) is 1. The summed E-state index contributed by atoms with van der Waals surface area (Å²) in [4.78, 5) is 24.3. The largest absolute Gasteiger partial charge is 0.416 e. The third-order valence-corrected chi connectivity index (χ3v) is 13.6. The number of sulfonamides is 1. The Labute approximate surface area is 393 Å². The van der Waals surface area contributed by atoms with Crippen molar-refractivity contribution < 1.29 is 40.8 Å². The SMILES string of the molecule is CCCCS(=O)(=O)N1CC(OC(c2ccc(Cl)cc2)c2ccc(Cl)cc2Cl)C1.O=C(Nc1ccc(Cl)c([N+](=O)[O-])c1)N1CC(OC(c2ccc(Cl)cc2)c2ccccc2C(F)(F)F)C1. The number of alkyl halides is 3. The predicted octanol–water partition coefficient (Wildman–Crippen LogP) is 12.5. The van der Waals surface area contributed by atoms with E-state index < -0.39 is 51.0 Å². The molecule has 2 aliphatic rings. The molecule has 2 amide bonds. The molecular formula is C44H40Cl5F3N4O7S. The Hall–Kier alpha value is -4.16. The molecule has 0 saturated carbocycles. The van der Waals surface area contributed by atoms with E-state index in [1.54, 1.807) is 48.5 Å². The topological polar surface area (TPSA) is 131 Å². The highest BCUT2D eigenvalue weighted by Gasteiger charge is 2.40. The van der Waals surface area contributed by atoms with Crippen molar-refractivity contribution in [3.63, 3.8) is 0 Å². The number of urea groups is 1. The minimum absolute atomic E-state index is 0.0521. The summed E-state index contributed by atoms with van der Waals surface area (Å²) in [5.74, 6) is 0.180. The Bertz CT molecular complexity index is 2550. The number of hydrogen-bond donors (Lipinski definition) is 1. The zero-order valence-corrected chi connectivity index (χ0v) is 38.4. The molecule has 0 aromatic heterocycles. The van der Waals surface area contributed by atoms with Gasteiger partial charge in [-0.1, -0.05) is 120 Å². The number of nitrogens with zero attached hydrogens (tertiary/aromatic N) is 3. The molecule has 2 aliphatic heterocycles. The first kappa shape index (κ1) is 49.3. The van der Waals surface area contributed by atoms with Gasteiger partial charge in [0.2, 0.25) is 10.0 Å². The van der Waals surface area contributed by atoms with Crippen LogP contribution in [0.3, 0.4) is 0 Å². The number of halogens is 8. The maximum Gasteiger partial charge on any atom is 0.416 e. The van der Waals surface area contributed by atoms with Crippen molar-refractivity contribution >= 4 is 85.4 Å². The highest BCUT2D eigenvalue weighted by molar-refractivity contribution is 7.89. The number of anilines is 1. The number of nitrogens with one attached hydrogen (secondary N) is 1. The lowest BCUT2D eigenvalue weighted by Gasteiger charge is -2.41. The fourth-order valence-corrected chi connectivity index (χ4v) is 9.46. The zero-order valence-electron chi connectivity index (χ0n) is 33.8. The van der Waals surface area contributed by atoms with Crippen LogP contribution in [0.5, 0.6) is 0 Å². The van der Waals surface area contributed by atoms with Crippen LogP contribution in [0.1, 0.15) is 59.8 Å². The molecule has 0 spiro atoms. The van der Waals surface area contributed by atoms with Crippen molar-refractivity contribution in [2.24, 2.45) is 0 Å². The maximum absolute atomic E-state index is 13.7. The molecule has 340 valence electrons. The number of ether oxygens (including phenoxy) is 2. The molecule has 0 bridgehead atoms. The van der Waals surface area contributed by atoms with Gasteiger partial charge in [0, 0.05) is 50.5 Å². The van der Waals surface area contributed by atoms with Gasteiger partial charge in [0.1, 0.15) is 17.2 Å². The first-order chi connectivity index (χ1) is 30.3. The summed E-state index contributed by atoms with van der Waals surface area (Å²) >= 11 is 30.2. The minimum atomic E-state index is -4.59. The van der Waals surface area contributed by atoms with Crippen molar-refractivity contribution in [2.45, 2.75) is 50.4 Å². The van der Waals surface area contributed by atoms with E-state index in [-0.39, 0.29) is 46.9 Å². The second-order valence-electron chi connectivity index (χ2n) is 14.9. The quantitative estimate of drug-likeness (QED) is 0.0865. The number of likely N-dealkylation sites (tertiary alicyclic amines) is 1. The normalized spacial score (nSPS) is 15.6. The lowest BCUT2D eigenvalue weighted by atomic mass is 9.95. The van der Waals surface area contributed by atoms with Crippen LogP contribution in [0.25, 0.3) is 0 Å². The third kappa shape index (κ3) is 12.6. The summed E-state index contributed by atoms with van der Waals surface area (Å²) < 4.78 is 79.5. The number of benzene rings is 5. The molecule has 2 unspecified atom stereocenters. The monoisotopic (exact) mass is 1000 g/mol. The van der Waals surface area contributed by atoms with Crippen LogP contribution in [-0.2, 0) is 25.7 Å². The Morgan fingerprint density at radius 3 is 1.86 bits per heavy atom. The van der Waals surface area contributed by atoms with Gasteiger partial charge in [-0.05, 0) is 77.7 Å². The predicted molar refractivity (Wildman–Crippen MR) is 243 cm³/mol.